The van der Waals surface area contributed by atoms with Crippen LogP contribution in [0.2, 0.25) is 0 Å². The summed E-state index contributed by atoms with van der Waals surface area (Å²) in [5.41, 5.74) is 2.97. The zero-order valence-corrected chi connectivity index (χ0v) is 18.7. The molecule has 3 aromatic rings. The van der Waals surface area contributed by atoms with E-state index in [0.29, 0.717) is 39.1 Å². The topological polar surface area (TPSA) is 69.5 Å². The molecular formula is C25H30N4O3. The molecule has 32 heavy (non-hydrogen) atoms. The molecule has 1 fully saturated rings. The fourth-order valence-corrected chi connectivity index (χ4v) is 4.05. The van der Waals surface area contributed by atoms with Gasteiger partial charge in [0.1, 0.15) is 17.7 Å². The third-order valence-electron chi connectivity index (χ3n) is 5.78. The number of methoxy groups -OCH3 is 1. The highest BCUT2D eigenvalue weighted by molar-refractivity contribution is 5.76. The number of amides is 1. The van der Waals surface area contributed by atoms with Gasteiger partial charge in [0, 0.05) is 50.4 Å². The zero-order chi connectivity index (χ0) is 22.3. The highest BCUT2D eigenvalue weighted by atomic mass is 16.5. The van der Waals surface area contributed by atoms with Gasteiger partial charge in [0.05, 0.1) is 26.0 Å². The molecule has 1 aliphatic heterocycles. The van der Waals surface area contributed by atoms with E-state index in [1.54, 1.807) is 13.3 Å². The summed E-state index contributed by atoms with van der Waals surface area (Å²) in [4.78, 5) is 23.9. The quantitative estimate of drug-likeness (QED) is 0.543. The molecule has 0 N–H and O–H groups in total. The SMILES string of the molecule is CCc1nccn1CCC(=O)N1CCO[C@H](c2cccc(Cc3cccc(OC)c3)n2)C1. The van der Waals surface area contributed by atoms with Gasteiger partial charge in [0.25, 0.3) is 0 Å². The van der Waals surface area contributed by atoms with Crippen molar-refractivity contribution in [2.45, 2.75) is 38.8 Å². The lowest BCUT2D eigenvalue weighted by atomic mass is 10.1. The third kappa shape index (κ3) is 5.34. The van der Waals surface area contributed by atoms with Crippen LogP contribution in [0.4, 0.5) is 0 Å². The van der Waals surface area contributed by atoms with Crippen LogP contribution in [-0.2, 0) is 28.9 Å². The second-order valence-electron chi connectivity index (χ2n) is 7.92. The van der Waals surface area contributed by atoms with Gasteiger partial charge in [0.15, 0.2) is 0 Å². The molecule has 0 unspecified atom stereocenters. The fourth-order valence-electron chi connectivity index (χ4n) is 4.05. The van der Waals surface area contributed by atoms with E-state index in [4.69, 9.17) is 14.5 Å². The summed E-state index contributed by atoms with van der Waals surface area (Å²) in [5.74, 6) is 1.99. The van der Waals surface area contributed by atoms with E-state index in [0.717, 1.165) is 34.9 Å². The lowest BCUT2D eigenvalue weighted by Gasteiger charge is -2.33. The van der Waals surface area contributed by atoms with Crippen molar-refractivity contribution < 1.29 is 14.3 Å². The number of benzene rings is 1. The minimum atomic E-state index is -0.211. The summed E-state index contributed by atoms with van der Waals surface area (Å²) in [6.07, 6.45) is 5.55. The molecule has 1 aromatic carbocycles. The molecule has 168 valence electrons. The van der Waals surface area contributed by atoms with Crippen molar-refractivity contribution in [2.24, 2.45) is 0 Å². The lowest BCUT2D eigenvalue weighted by molar-refractivity contribution is -0.139. The third-order valence-corrected chi connectivity index (χ3v) is 5.78. The average molecular weight is 435 g/mol. The maximum Gasteiger partial charge on any atom is 0.224 e. The number of morpholine rings is 1. The van der Waals surface area contributed by atoms with Crippen LogP contribution in [0.25, 0.3) is 0 Å². The van der Waals surface area contributed by atoms with Crippen LogP contribution in [0.5, 0.6) is 5.75 Å². The van der Waals surface area contributed by atoms with Crippen LogP contribution in [-0.4, -0.2) is 52.1 Å². The molecule has 7 nitrogen and oxygen atoms in total. The average Bonchev–Trinajstić information content (AvgIpc) is 3.30. The molecule has 0 bridgehead atoms. The lowest BCUT2D eigenvalue weighted by Crippen LogP contribution is -2.42. The van der Waals surface area contributed by atoms with Gasteiger partial charge in [-0.05, 0) is 29.8 Å². The van der Waals surface area contributed by atoms with Crippen LogP contribution < -0.4 is 4.74 Å². The van der Waals surface area contributed by atoms with Crippen LogP contribution in [0.1, 0.15) is 42.2 Å². The Labute approximate surface area is 189 Å². The first kappa shape index (κ1) is 22.0. The van der Waals surface area contributed by atoms with Gasteiger partial charge in [0.2, 0.25) is 5.91 Å². The Morgan fingerprint density at radius 2 is 2.12 bits per heavy atom. The Bertz CT molecular complexity index is 1050. The maximum absolute atomic E-state index is 12.8. The van der Waals surface area contributed by atoms with Crippen molar-refractivity contribution in [3.8, 4) is 5.75 Å². The summed E-state index contributed by atoms with van der Waals surface area (Å²) in [6, 6.07) is 14.0. The van der Waals surface area contributed by atoms with Crippen LogP contribution in [0.3, 0.4) is 0 Å². The molecule has 1 atom stereocenters. The number of hydrogen-bond acceptors (Lipinski definition) is 5. The molecule has 0 spiro atoms. The Morgan fingerprint density at radius 3 is 2.97 bits per heavy atom. The van der Waals surface area contributed by atoms with E-state index in [2.05, 4.69) is 22.5 Å². The van der Waals surface area contributed by atoms with Crippen molar-refractivity contribution >= 4 is 5.91 Å². The van der Waals surface area contributed by atoms with Gasteiger partial charge in [-0.15, -0.1) is 0 Å². The molecule has 0 saturated carbocycles. The molecule has 1 amide bonds. The number of aryl methyl sites for hydroxylation is 2. The number of imidazole rings is 1. The van der Waals surface area contributed by atoms with Crippen molar-refractivity contribution in [1.82, 2.24) is 19.4 Å². The number of pyridine rings is 1. The smallest absolute Gasteiger partial charge is 0.224 e. The number of carbonyl (C=O) groups is 1. The first-order valence-electron chi connectivity index (χ1n) is 11.1. The zero-order valence-electron chi connectivity index (χ0n) is 18.7. The minimum Gasteiger partial charge on any atom is -0.497 e. The van der Waals surface area contributed by atoms with E-state index in [9.17, 15) is 4.79 Å². The van der Waals surface area contributed by atoms with Crippen molar-refractivity contribution in [1.29, 1.82) is 0 Å². The highest BCUT2D eigenvalue weighted by Crippen LogP contribution is 2.23. The number of nitrogens with zero attached hydrogens (tertiary/aromatic N) is 4. The summed E-state index contributed by atoms with van der Waals surface area (Å²) >= 11 is 0. The summed E-state index contributed by atoms with van der Waals surface area (Å²) in [7, 11) is 1.67. The Morgan fingerprint density at radius 1 is 1.25 bits per heavy atom. The number of ether oxygens (including phenoxy) is 2. The van der Waals surface area contributed by atoms with Gasteiger partial charge in [-0.25, -0.2) is 4.98 Å². The van der Waals surface area contributed by atoms with E-state index in [-0.39, 0.29) is 12.0 Å². The fraction of sp³-hybridized carbons (Fsp3) is 0.400. The normalized spacial score (nSPS) is 16.2. The molecular weight excluding hydrogens is 404 g/mol. The molecule has 0 radical (unpaired) electrons. The van der Waals surface area contributed by atoms with E-state index < -0.39 is 0 Å². The Balaban J connectivity index is 1.38. The molecule has 3 heterocycles. The van der Waals surface area contributed by atoms with Crippen molar-refractivity contribution in [3.05, 3.63) is 77.6 Å². The number of rotatable bonds is 8. The molecule has 0 aliphatic carbocycles. The molecule has 4 rings (SSSR count). The van der Waals surface area contributed by atoms with Gasteiger partial charge in [-0.1, -0.05) is 25.1 Å². The molecule has 7 heteroatoms. The summed E-state index contributed by atoms with van der Waals surface area (Å²) in [6.45, 7) is 4.38. The maximum atomic E-state index is 12.8. The first-order valence-corrected chi connectivity index (χ1v) is 11.1. The van der Waals surface area contributed by atoms with Crippen LogP contribution in [0.15, 0.2) is 54.9 Å². The standard InChI is InChI=1S/C25H30N4O3/c1-3-24-26-11-13-28(24)12-10-25(30)29-14-15-32-23(18-29)22-9-5-7-20(27-22)16-19-6-4-8-21(17-19)31-2/h4-9,11,13,17,23H,3,10,12,14-16,18H2,1-2H3/t23-/m0/s1. The van der Waals surface area contributed by atoms with Gasteiger partial charge < -0.3 is 18.9 Å². The molecule has 1 saturated heterocycles. The largest absolute Gasteiger partial charge is 0.497 e. The van der Waals surface area contributed by atoms with Crippen LogP contribution >= 0.6 is 0 Å². The number of aromatic nitrogens is 3. The minimum absolute atomic E-state index is 0.140. The van der Waals surface area contributed by atoms with Crippen LogP contribution in [0, 0.1) is 0 Å². The van der Waals surface area contributed by atoms with Gasteiger partial charge in [-0.2, -0.15) is 0 Å². The summed E-state index contributed by atoms with van der Waals surface area (Å²) in [5, 5.41) is 0. The number of carbonyl (C=O) groups excluding carboxylic acids is 1. The second-order valence-corrected chi connectivity index (χ2v) is 7.92. The Kier molecular flexibility index (Phi) is 7.17. The second kappa shape index (κ2) is 10.4. The monoisotopic (exact) mass is 434 g/mol. The van der Waals surface area contributed by atoms with Crippen molar-refractivity contribution in [3.63, 3.8) is 0 Å². The van der Waals surface area contributed by atoms with Gasteiger partial charge >= 0.3 is 0 Å². The van der Waals surface area contributed by atoms with Crippen molar-refractivity contribution in [2.75, 3.05) is 26.8 Å². The van der Waals surface area contributed by atoms with E-state index >= 15 is 0 Å². The van der Waals surface area contributed by atoms with E-state index in [1.165, 1.54) is 0 Å². The number of hydrogen-bond donors (Lipinski definition) is 0. The molecule has 1 aliphatic rings. The molecule has 2 aromatic heterocycles. The van der Waals surface area contributed by atoms with E-state index in [1.807, 2.05) is 47.5 Å². The highest BCUT2D eigenvalue weighted by Gasteiger charge is 2.26. The summed E-state index contributed by atoms with van der Waals surface area (Å²) < 4.78 is 13.4. The predicted octanol–water partition coefficient (Wildman–Crippen LogP) is 3.43. The predicted molar refractivity (Wildman–Crippen MR) is 122 cm³/mol. The first-order chi connectivity index (χ1) is 15.7. The Hall–Kier alpha value is -3.19. The van der Waals surface area contributed by atoms with Gasteiger partial charge in [-0.3, -0.25) is 9.78 Å².